The van der Waals surface area contributed by atoms with Crippen LogP contribution in [0.3, 0.4) is 0 Å². The lowest BCUT2D eigenvalue weighted by Gasteiger charge is -2.27. The van der Waals surface area contributed by atoms with Crippen molar-refractivity contribution in [2.24, 2.45) is 5.92 Å². The number of carbonyl (C=O) groups excluding carboxylic acids is 1. The highest BCUT2D eigenvalue weighted by atomic mass is 32.2. The zero-order valence-electron chi connectivity index (χ0n) is 16.6. The van der Waals surface area contributed by atoms with E-state index in [1.54, 1.807) is 4.90 Å². The second kappa shape index (κ2) is 9.64. The van der Waals surface area contributed by atoms with Crippen LogP contribution in [0.4, 0.5) is 4.39 Å². The summed E-state index contributed by atoms with van der Waals surface area (Å²) in [6.45, 7) is 8.02. The monoisotopic (exact) mass is 398 g/mol. The molecule has 0 radical (unpaired) electrons. The van der Waals surface area contributed by atoms with Crippen LogP contribution in [-0.4, -0.2) is 49.7 Å². The lowest BCUT2D eigenvalue weighted by Crippen LogP contribution is -2.37. The maximum absolute atomic E-state index is 14.4. The summed E-state index contributed by atoms with van der Waals surface area (Å²) in [5.41, 5.74) is 0.222. The number of hydrogen-bond donors (Lipinski definition) is 0. The molecule has 1 aromatic carbocycles. The van der Waals surface area contributed by atoms with Crippen molar-refractivity contribution in [2.75, 3.05) is 26.2 Å². The normalized spacial score (nSPS) is 15.9. The zero-order valence-corrected chi connectivity index (χ0v) is 17.4. The third-order valence-corrected chi connectivity index (χ3v) is 7.33. The molecule has 1 saturated heterocycles. The van der Waals surface area contributed by atoms with Crippen LogP contribution in [0.25, 0.3) is 0 Å². The fourth-order valence-corrected chi connectivity index (χ4v) is 5.08. The standard InChI is InChI=1S/C20H31FN2O3S/c1-4-16(5-2)15-22(6-3)20(24)17-10-11-18(21)19(14-17)27(25,26)23-12-8-7-9-13-23/h10-11,14,16H,4-9,12-13,15H2,1-3H3. The second-order valence-electron chi connectivity index (χ2n) is 7.14. The summed E-state index contributed by atoms with van der Waals surface area (Å²) in [5, 5.41) is 0. The zero-order chi connectivity index (χ0) is 20.0. The van der Waals surface area contributed by atoms with Gasteiger partial charge in [0.1, 0.15) is 10.7 Å². The van der Waals surface area contributed by atoms with Crippen molar-refractivity contribution in [2.45, 2.75) is 57.8 Å². The van der Waals surface area contributed by atoms with Crippen molar-refractivity contribution in [1.82, 2.24) is 9.21 Å². The quantitative estimate of drug-likeness (QED) is 0.667. The second-order valence-corrected chi connectivity index (χ2v) is 9.04. The first-order valence-electron chi connectivity index (χ1n) is 9.94. The van der Waals surface area contributed by atoms with Crippen LogP contribution in [0.15, 0.2) is 23.1 Å². The molecule has 1 fully saturated rings. The Morgan fingerprint density at radius 2 is 1.78 bits per heavy atom. The number of benzene rings is 1. The molecule has 7 heteroatoms. The summed E-state index contributed by atoms with van der Waals surface area (Å²) in [4.78, 5) is 14.2. The number of sulfonamides is 1. The number of piperidine rings is 1. The predicted octanol–water partition coefficient (Wildman–Crippen LogP) is 3.90. The minimum Gasteiger partial charge on any atom is -0.339 e. The van der Waals surface area contributed by atoms with Crippen molar-refractivity contribution in [1.29, 1.82) is 0 Å². The van der Waals surface area contributed by atoms with Gasteiger partial charge in [0.25, 0.3) is 5.91 Å². The highest BCUT2D eigenvalue weighted by Crippen LogP contribution is 2.24. The first kappa shape index (κ1) is 21.8. The average molecular weight is 399 g/mol. The maximum Gasteiger partial charge on any atom is 0.253 e. The molecule has 0 aliphatic carbocycles. The van der Waals surface area contributed by atoms with Gasteiger partial charge in [-0.3, -0.25) is 4.79 Å². The summed E-state index contributed by atoms with van der Waals surface area (Å²) in [7, 11) is -3.93. The van der Waals surface area contributed by atoms with Gasteiger partial charge in [0, 0.05) is 31.7 Å². The Labute approximate surface area is 162 Å². The lowest BCUT2D eigenvalue weighted by atomic mass is 10.0. The first-order valence-corrected chi connectivity index (χ1v) is 11.4. The number of nitrogens with zero attached hydrogens (tertiary/aromatic N) is 2. The Bertz CT molecular complexity index is 742. The highest BCUT2D eigenvalue weighted by Gasteiger charge is 2.30. The summed E-state index contributed by atoms with van der Waals surface area (Å²) in [6.07, 6.45) is 4.47. The molecule has 2 rings (SSSR count). The van der Waals surface area contributed by atoms with E-state index in [1.165, 1.54) is 16.4 Å². The number of halogens is 1. The topological polar surface area (TPSA) is 57.7 Å². The van der Waals surface area contributed by atoms with Gasteiger partial charge in [-0.2, -0.15) is 4.31 Å². The van der Waals surface area contributed by atoms with Gasteiger partial charge in [-0.15, -0.1) is 0 Å². The molecule has 27 heavy (non-hydrogen) atoms. The molecule has 0 N–H and O–H groups in total. The van der Waals surface area contributed by atoms with Gasteiger partial charge in [-0.1, -0.05) is 33.1 Å². The van der Waals surface area contributed by atoms with E-state index in [0.29, 0.717) is 32.1 Å². The third-order valence-electron chi connectivity index (χ3n) is 5.41. The number of hydrogen-bond acceptors (Lipinski definition) is 3. The van der Waals surface area contributed by atoms with Crippen molar-refractivity contribution < 1.29 is 17.6 Å². The Morgan fingerprint density at radius 1 is 1.15 bits per heavy atom. The molecule has 0 saturated carbocycles. The molecular weight excluding hydrogens is 367 g/mol. The van der Waals surface area contributed by atoms with E-state index in [1.807, 2.05) is 6.92 Å². The van der Waals surface area contributed by atoms with Gasteiger partial charge >= 0.3 is 0 Å². The van der Waals surface area contributed by atoms with Crippen LogP contribution in [0, 0.1) is 11.7 Å². The molecule has 0 bridgehead atoms. The van der Waals surface area contributed by atoms with Crippen LogP contribution < -0.4 is 0 Å². The summed E-state index contributed by atoms with van der Waals surface area (Å²) < 4.78 is 41.4. The summed E-state index contributed by atoms with van der Waals surface area (Å²) in [5.74, 6) is -0.662. The van der Waals surface area contributed by atoms with Crippen molar-refractivity contribution >= 4 is 15.9 Å². The maximum atomic E-state index is 14.4. The van der Waals surface area contributed by atoms with Crippen LogP contribution in [0.2, 0.25) is 0 Å². The Hall–Kier alpha value is -1.47. The van der Waals surface area contributed by atoms with E-state index >= 15 is 0 Å². The van der Waals surface area contributed by atoms with Crippen molar-refractivity contribution in [3.63, 3.8) is 0 Å². The molecule has 0 atom stereocenters. The van der Waals surface area contributed by atoms with Crippen LogP contribution in [0.5, 0.6) is 0 Å². The van der Waals surface area contributed by atoms with Gasteiger partial charge in [-0.05, 0) is 43.9 Å². The van der Waals surface area contributed by atoms with E-state index in [4.69, 9.17) is 0 Å². The summed E-state index contributed by atoms with van der Waals surface area (Å²) >= 11 is 0. The average Bonchev–Trinajstić information content (AvgIpc) is 2.69. The lowest BCUT2D eigenvalue weighted by molar-refractivity contribution is 0.0734. The minimum atomic E-state index is -3.93. The molecule has 5 nitrogen and oxygen atoms in total. The SMILES string of the molecule is CCC(CC)CN(CC)C(=O)c1ccc(F)c(S(=O)(=O)N2CCCCC2)c1. The molecule has 1 heterocycles. The van der Waals surface area contributed by atoms with Gasteiger partial charge in [0.05, 0.1) is 0 Å². The molecule has 152 valence electrons. The molecule has 1 aliphatic rings. The Kier molecular flexibility index (Phi) is 7.79. The number of rotatable bonds is 8. The molecule has 1 aliphatic heterocycles. The molecule has 0 aromatic heterocycles. The van der Waals surface area contributed by atoms with E-state index in [2.05, 4.69) is 13.8 Å². The van der Waals surface area contributed by atoms with Crippen LogP contribution >= 0.6 is 0 Å². The van der Waals surface area contributed by atoms with Gasteiger partial charge in [-0.25, -0.2) is 12.8 Å². The van der Waals surface area contributed by atoms with Gasteiger partial charge < -0.3 is 4.90 Å². The molecule has 1 amide bonds. The molecule has 0 unspecified atom stereocenters. The van der Waals surface area contributed by atoms with E-state index < -0.39 is 20.7 Å². The predicted molar refractivity (Wildman–Crippen MR) is 105 cm³/mol. The third kappa shape index (κ3) is 5.08. The fourth-order valence-electron chi connectivity index (χ4n) is 3.48. The van der Waals surface area contributed by atoms with Crippen molar-refractivity contribution in [3.05, 3.63) is 29.6 Å². The smallest absolute Gasteiger partial charge is 0.253 e. The number of carbonyl (C=O) groups is 1. The Balaban J connectivity index is 2.31. The Morgan fingerprint density at radius 3 is 2.33 bits per heavy atom. The number of amides is 1. The molecule has 1 aromatic rings. The largest absolute Gasteiger partial charge is 0.339 e. The van der Waals surface area contributed by atoms with E-state index in [9.17, 15) is 17.6 Å². The highest BCUT2D eigenvalue weighted by molar-refractivity contribution is 7.89. The van der Waals surface area contributed by atoms with Crippen molar-refractivity contribution in [3.8, 4) is 0 Å². The van der Waals surface area contributed by atoms with Gasteiger partial charge in [0.2, 0.25) is 10.0 Å². The van der Waals surface area contributed by atoms with E-state index in [0.717, 1.165) is 38.2 Å². The van der Waals surface area contributed by atoms with Crippen LogP contribution in [0.1, 0.15) is 63.2 Å². The molecule has 0 spiro atoms. The summed E-state index contributed by atoms with van der Waals surface area (Å²) in [6, 6.07) is 3.68. The first-order chi connectivity index (χ1) is 12.8. The minimum absolute atomic E-state index is 0.222. The van der Waals surface area contributed by atoms with E-state index in [-0.39, 0.29) is 11.5 Å². The van der Waals surface area contributed by atoms with Gasteiger partial charge in [0.15, 0.2) is 0 Å². The fraction of sp³-hybridized carbons (Fsp3) is 0.650. The van der Waals surface area contributed by atoms with Crippen LogP contribution in [-0.2, 0) is 10.0 Å². The molecular formula is C20H31FN2O3S.